The number of anilines is 1. The molecule has 0 fully saturated rings. The zero-order chi connectivity index (χ0) is 20.1. The second-order valence-corrected chi connectivity index (χ2v) is 7.19. The molecular formula is C19H20FN5O3. The molecule has 0 saturated carbocycles. The maximum Gasteiger partial charge on any atom is 0.341 e. The Kier molecular flexibility index (Phi) is 4.19. The molecule has 3 heterocycles. The van der Waals surface area contributed by atoms with Crippen LogP contribution in [0.2, 0.25) is 0 Å². The van der Waals surface area contributed by atoms with Crippen molar-refractivity contribution in [3.8, 4) is 5.75 Å². The van der Waals surface area contributed by atoms with Crippen molar-refractivity contribution >= 4 is 17.4 Å². The number of aromatic nitrogens is 3. The van der Waals surface area contributed by atoms with E-state index in [4.69, 9.17) is 10.5 Å². The predicted octanol–water partition coefficient (Wildman–Crippen LogP) is 2.39. The van der Waals surface area contributed by atoms with Gasteiger partial charge < -0.3 is 20.9 Å². The molecule has 4 N–H and O–H groups in total. The van der Waals surface area contributed by atoms with Crippen LogP contribution in [0.1, 0.15) is 41.4 Å². The summed E-state index contributed by atoms with van der Waals surface area (Å²) >= 11 is 0. The molecule has 0 spiro atoms. The third-order valence-corrected chi connectivity index (χ3v) is 5.00. The highest BCUT2D eigenvalue weighted by Crippen LogP contribution is 2.41. The molecule has 2 atom stereocenters. The summed E-state index contributed by atoms with van der Waals surface area (Å²) in [6.45, 7) is 4.03. The van der Waals surface area contributed by atoms with Gasteiger partial charge in [0.15, 0.2) is 5.65 Å². The van der Waals surface area contributed by atoms with Gasteiger partial charge in [0, 0.05) is 30.3 Å². The highest BCUT2D eigenvalue weighted by atomic mass is 19.1. The van der Waals surface area contributed by atoms with Crippen LogP contribution in [0.25, 0.3) is 5.65 Å². The first-order valence-corrected chi connectivity index (χ1v) is 8.86. The van der Waals surface area contributed by atoms with E-state index in [1.54, 1.807) is 18.3 Å². The number of hydrogen-bond acceptors (Lipinski definition) is 6. The van der Waals surface area contributed by atoms with Crippen molar-refractivity contribution in [2.24, 2.45) is 5.73 Å². The van der Waals surface area contributed by atoms with Gasteiger partial charge in [0.25, 0.3) is 0 Å². The second kappa shape index (κ2) is 6.45. The maximum absolute atomic E-state index is 14.3. The third kappa shape index (κ3) is 2.93. The molecule has 1 aliphatic heterocycles. The van der Waals surface area contributed by atoms with Crippen LogP contribution < -0.4 is 15.8 Å². The number of nitrogens with zero attached hydrogens (tertiary/aromatic N) is 3. The standard InChI is InChI=1S/C19H20FN5O3/c1-10(11-3-4-14(20)12-7-19(2,9-21)28-16(11)12)23-15-5-6-25-17(24-15)13(8-22-25)18(26)27/h3-6,8,10H,7,9,21H2,1-2H3,(H,23,24)(H,26,27)/t10-,19?/m1/s1. The van der Waals surface area contributed by atoms with Gasteiger partial charge in [-0.15, -0.1) is 0 Å². The number of fused-ring (bicyclic) bond motifs is 2. The van der Waals surface area contributed by atoms with E-state index in [9.17, 15) is 14.3 Å². The van der Waals surface area contributed by atoms with E-state index in [1.807, 2.05) is 13.8 Å². The molecule has 9 heteroatoms. The van der Waals surface area contributed by atoms with Crippen LogP contribution in [0.15, 0.2) is 30.6 Å². The van der Waals surface area contributed by atoms with Gasteiger partial charge in [-0.1, -0.05) is 6.07 Å². The van der Waals surface area contributed by atoms with E-state index in [1.165, 1.54) is 16.8 Å². The Morgan fingerprint density at radius 1 is 1.50 bits per heavy atom. The summed E-state index contributed by atoms with van der Waals surface area (Å²) in [5, 5.41) is 16.4. The topological polar surface area (TPSA) is 115 Å². The molecule has 0 saturated heterocycles. The normalized spacial score (nSPS) is 19.3. The fourth-order valence-corrected chi connectivity index (χ4v) is 3.42. The zero-order valence-corrected chi connectivity index (χ0v) is 15.4. The minimum Gasteiger partial charge on any atom is -0.485 e. The lowest BCUT2D eigenvalue weighted by Gasteiger charge is -2.23. The van der Waals surface area contributed by atoms with Gasteiger partial charge in [0.1, 0.15) is 28.5 Å². The number of carboxylic acid groups (broad SMARTS) is 1. The van der Waals surface area contributed by atoms with Crippen molar-refractivity contribution in [1.82, 2.24) is 14.6 Å². The minimum atomic E-state index is -1.10. The Hall–Kier alpha value is -3.20. The van der Waals surface area contributed by atoms with Gasteiger partial charge in [-0.05, 0) is 26.0 Å². The quantitative estimate of drug-likeness (QED) is 0.618. The third-order valence-electron chi connectivity index (χ3n) is 5.00. The summed E-state index contributed by atoms with van der Waals surface area (Å²) in [7, 11) is 0. The van der Waals surface area contributed by atoms with Crippen molar-refractivity contribution in [2.45, 2.75) is 31.9 Å². The number of carboxylic acids is 1. The molecule has 0 radical (unpaired) electrons. The van der Waals surface area contributed by atoms with Gasteiger partial charge in [-0.25, -0.2) is 18.7 Å². The highest BCUT2D eigenvalue weighted by Gasteiger charge is 2.37. The van der Waals surface area contributed by atoms with Crippen LogP contribution >= 0.6 is 0 Å². The average Bonchev–Trinajstić information content (AvgIpc) is 3.23. The number of ether oxygens (including phenoxy) is 1. The van der Waals surface area contributed by atoms with E-state index < -0.39 is 11.6 Å². The molecule has 0 bridgehead atoms. The number of benzene rings is 1. The Balaban J connectivity index is 1.66. The molecule has 2 aromatic heterocycles. The number of halogens is 1. The van der Waals surface area contributed by atoms with Crippen molar-refractivity contribution < 1.29 is 19.0 Å². The highest BCUT2D eigenvalue weighted by molar-refractivity contribution is 5.94. The van der Waals surface area contributed by atoms with Crippen LogP contribution in [-0.4, -0.2) is 37.8 Å². The first-order chi connectivity index (χ1) is 13.3. The number of nitrogens with two attached hydrogens (primary N) is 1. The summed E-state index contributed by atoms with van der Waals surface area (Å²) < 4.78 is 21.7. The number of hydrogen-bond donors (Lipinski definition) is 3. The van der Waals surface area contributed by atoms with Gasteiger partial charge in [-0.3, -0.25) is 0 Å². The smallest absolute Gasteiger partial charge is 0.341 e. The lowest BCUT2D eigenvalue weighted by molar-refractivity contribution is 0.0698. The molecule has 28 heavy (non-hydrogen) atoms. The van der Waals surface area contributed by atoms with Crippen LogP contribution in [0.4, 0.5) is 10.2 Å². The number of carbonyl (C=O) groups is 1. The summed E-state index contributed by atoms with van der Waals surface area (Å²) in [4.78, 5) is 15.7. The Morgan fingerprint density at radius 2 is 2.29 bits per heavy atom. The number of rotatable bonds is 5. The van der Waals surface area contributed by atoms with E-state index in [2.05, 4.69) is 15.4 Å². The lowest BCUT2D eigenvalue weighted by atomic mass is 9.97. The molecule has 1 aromatic carbocycles. The fourth-order valence-electron chi connectivity index (χ4n) is 3.42. The van der Waals surface area contributed by atoms with Gasteiger partial charge in [-0.2, -0.15) is 5.10 Å². The van der Waals surface area contributed by atoms with E-state index in [0.717, 1.165) is 5.56 Å². The van der Waals surface area contributed by atoms with Crippen LogP contribution in [0.3, 0.4) is 0 Å². The molecule has 0 amide bonds. The first-order valence-electron chi connectivity index (χ1n) is 8.86. The lowest BCUT2D eigenvalue weighted by Crippen LogP contribution is -2.39. The molecule has 0 aliphatic carbocycles. The Bertz CT molecular complexity index is 1080. The molecule has 4 rings (SSSR count). The van der Waals surface area contributed by atoms with Crippen LogP contribution in [-0.2, 0) is 6.42 Å². The van der Waals surface area contributed by atoms with Crippen LogP contribution in [0, 0.1) is 5.82 Å². The number of aromatic carboxylic acids is 1. The zero-order valence-electron chi connectivity index (χ0n) is 15.4. The van der Waals surface area contributed by atoms with Gasteiger partial charge >= 0.3 is 5.97 Å². The van der Waals surface area contributed by atoms with E-state index in [0.29, 0.717) is 23.6 Å². The maximum atomic E-state index is 14.3. The van der Waals surface area contributed by atoms with Crippen molar-refractivity contribution in [3.63, 3.8) is 0 Å². The Labute approximate surface area is 160 Å². The summed E-state index contributed by atoms with van der Waals surface area (Å²) in [6, 6.07) is 4.53. The summed E-state index contributed by atoms with van der Waals surface area (Å²) in [6.07, 6.45) is 3.29. The predicted molar refractivity (Wildman–Crippen MR) is 100 cm³/mol. The molecule has 3 aromatic rings. The van der Waals surface area contributed by atoms with Crippen molar-refractivity contribution in [2.75, 3.05) is 11.9 Å². The summed E-state index contributed by atoms with van der Waals surface area (Å²) in [5.41, 5.74) is 6.72. The van der Waals surface area contributed by atoms with Crippen LogP contribution in [0.5, 0.6) is 5.75 Å². The van der Waals surface area contributed by atoms with Gasteiger partial charge in [0.2, 0.25) is 0 Å². The first kappa shape index (κ1) is 18.2. The molecule has 1 unspecified atom stereocenters. The fraction of sp³-hybridized carbons (Fsp3) is 0.316. The van der Waals surface area contributed by atoms with Crippen molar-refractivity contribution in [1.29, 1.82) is 0 Å². The minimum absolute atomic E-state index is 0.0148. The van der Waals surface area contributed by atoms with Crippen molar-refractivity contribution in [3.05, 3.63) is 53.1 Å². The van der Waals surface area contributed by atoms with E-state index >= 15 is 0 Å². The number of nitrogens with one attached hydrogen (secondary N) is 1. The molecule has 146 valence electrons. The molecule has 8 nitrogen and oxygen atoms in total. The second-order valence-electron chi connectivity index (χ2n) is 7.19. The largest absolute Gasteiger partial charge is 0.485 e. The van der Waals surface area contributed by atoms with Gasteiger partial charge in [0.05, 0.1) is 12.2 Å². The molecule has 1 aliphatic rings. The van der Waals surface area contributed by atoms with E-state index in [-0.39, 0.29) is 29.6 Å². The Morgan fingerprint density at radius 3 is 3.00 bits per heavy atom. The molecular weight excluding hydrogens is 365 g/mol. The summed E-state index contributed by atoms with van der Waals surface area (Å²) in [5.74, 6) is -0.434. The monoisotopic (exact) mass is 385 g/mol. The average molecular weight is 385 g/mol. The SMILES string of the molecule is C[C@@H](Nc1ccn2ncc(C(=O)O)c2n1)c1ccc(F)c2c1OC(C)(CN)C2.